The van der Waals surface area contributed by atoms with Gasteiger partial charge in [-0.2, -0.15) is 0 Å². The molecule has 3 rings (SSSR count). The topological polar surface area (TPSA) is 65.4 Å². The summed E-state index contributed by atoms with van der Waals surface area (Å²) in [5.41, 5.74) is 2.83. The van der Waals surface area contributed by atoms with Crippen LogP contribution < -0.4 is 20.3 Å². The van der Waals surface area contributed by atoms with Crippen molar-refractivity contribution < 1.29 is 9.47 Å². The number of hydrogen-bond donors (Lipinski definition) is 1. The molecule has 3 aromatic rings. The van der Waals surface area contributed by atoms with Gasteiger partial charge < -0.3 is 14.8 Å². The molecule has 2 aromatic carbocycles. The molecule has 0 radical (unpaired) electrons. The first-order valence-electron chi connectivity index (χ1n) is 8.72. The number of methoxy groups -OCH3 is 2. The van der Waals surface area contributed by atoms with Crippen molar-refractivity contribution in [1.82, 2.24) is 9.55 Å². The number of nitrogens with zero attached hydrogens (tertiary/aromatic N) is 2. The third-order valence-corrected chi connectivity index (χ3v) is 4.27. The number of ether oxygens (including phenoxy) is 2. The molecule has 1 aromatic heterocycles. The van der Waals surface area contributed by atoms with E-state index < -0.39 is 0 Å². The molecule has 1 N–H and O–H groups in total. The summed E-state index contributed by atoms with van der Waals surface area (Å²) in [6, 6.07) is 13.6. The summed E-state index contributed by atoms with van der Waals surface area (Å²) in [6.45, 7) is 2.58. The highest BCUT2D eigenvalue weighted by Crippen LogP contribution is 2.27. The summed E-state index contributed by atoms with van der Waals surface area (Å²) in [4.78, 5) is 16.9. The summed E-state index contributed by atoms with van der Waals surface area (Å²) in [5.74, 6) is 1.72. The lowest BCUT2D eigenvalue weighted by Crippen LogP contribution is -2.24. The lowest BCUT2D eigenvalue weighted by atomic mass is 10.1. The van der Waals surface area contributed by atoms with E-state index in [1.54, 1.807) is 31.2 Å². The van der Waals surface area contributed by atoms with Crippen LogP contribution in [-0.2, 0) is 6.42 Å². The van der Waals surface area contributed by atoms with Crippen LogP contribution in [0.15, 0.2) is 59.7 Å². The second kappa shape index (κ2) is 8.40. The second-order valence-electron chi connectivity index (χ2n) is 6.16. The Morgan fingerprint density at radius 2 is 1.89 bits per heavy atom. The Morgan fingerprint density at radius 1 is 1.07 bits per heavy atom. The van der Waals surface area contributed by atoms with Gasteiger partial charge >= 0.3 is 0 Å². The second-order valence-corrected chi connectivity index (χ2v) is 6.16. The molecule has 0 spiro atoms. The first kappa shape index (κ1) is 18.5. The standard InChI is InChI=1S/C21H23N3O3/c1-15-5-4-6-17(13-15)24-12-11-23-20(21(24)25)22-10-9-16-7-8-18(26-2)19(14-16)27-3/h4-8,11-14H,9-10H2,1-3H3,(H,22,23). The first-order valence-corrected chi connectivity index (χ1v) is 8.72. The zero-order valence-corrected chi connectivity index (χ0v) is 15.7. The summed E-state index contributed by atoms with van der Waals surface area (Å²) in [6.07, 6.45) is 4.03. The molecule has 0 saturated heterocycles. The van der Waals surface area contributed by atoms with E-state index in [1.807, 2.05) is 49.4 Å². The van der Waals surface area contributed by atoms with Gasteiger partial charge in [-0.05, 0) is 48.7 Å². The van der Waals surface area contributed by atoms with Gasteiger partial charge in [0.2, 0.25) is 0 Å². The summed E-state index contributed by atoms with van der Waals surface area (Å²) in [5, 5.41) is 3.14. The smallest absolute Gasteiger partial charge is 0.297 e. The quantitative estimate of drug-likeness (QED) is 0.696. The fourth-order valence-corrected chi connectivity index (χ4v) is 2.88. The van der Waals surface area contributed by atoms with Crippen molar-refractivity contribution >= 4 is 5.82 Å². The third kappa shape index (κ3) is 4.28. The number of aryl methyl sites for hydroxylation is 1. The summed E-state index contributed by atoms with van der Waals surface area (Å²) < 4.78 is 12.2. The van der Waals surface area contributed by atoms with Crippen molar-refractivity contribution in [2.45, 2.75) is 13.3 Å². The zero-order chi connectivity index (χ0) is 19.2. The highest BCUT2D eigenvalue weighted by atomic mass is 16.5. The lowest BCUT2D eigenvalue weighted by Gasteiger charge is -2.11. The van der Waals surface area contributed by atoms with Gasteiger partial charge in [0, 0.05) is 24.6 Å². The van der Waals surface area contributed by atoms with Crippen LogP contribution in [0.2, 0.25) is 0 Å². The molecule has 1 heterocycles. The predicted octanol–water partition coefficient (Wildman–Crippen LogP) is 3.21. The fourth-order valence-electron chi connectivity index (χ4n) is 2.88. The van der Waals surface area contributed by atoms with Crippen molar-refractivity contribution in [3.63, 3.8) is 0 Å². The third-order valence-electron chi connectivity index (χ3n) is 4.27. The number of benzene rings is 2. The number of nitrogens with one attached hydrogen (secondary N) is 1. The van der Waals surface area contributed by atoms with E-state index in [-0.39, 0.29) is 5.56 Å². The van der Waals surface area contributed by atoms with Crippen LogP contribution in [0, 0.1) is 6.92 Å². The minimum absolute atomic E-state index is 0.171. The number of rotatable bonds is 7. The van der Waals surface area contributed by atoms with E-state index in [9.17, 15) is 4.79 Å². The highest BCUT2D eigenvalue weighted by molar-refractivity contribution is 5.44. The Labute approximate surface area is 158 Å². The van der Waals surface area contributed by atoms with Gasteiger partial charge in [-0.1, -0.05) is 18.2 Å². The monoisotopic (exact) mass is 365 g/mol. The molecule has 27 heavy (non-hydrogen) atoms. The molecule has 0 aliphatic rings. The Kier molecular flexibility index (Phi) is 5.76. The molecule has 0 aliphatic heterocycles. The number of aromatic nitrogens is 2. The minimum atomic E-state index is -0.171. The average molecular weight is 365 g/mol. The molecule has 0 aliphatic carbocycles. The van der Waals surface area contributed by atoms with Crippen LogP contribution in [-0.4, -0.2) is 30.3 Å². The molecule has 6 heteroatoms. The Balaban J connectivity index is 1.72. The normalized spacial score (nSPS) is 10.5. The van der Waals surface area contributed by atoms with E-state index in [4.69, 9.17) is 9.47 Å². The number of anilines is 1. The van der Waals surface area contributed by atoms with Crippen LogP contribution in [0.1, 0.15) is 11.1 Å². The van der Waals surface area contributed by atoms with Gasteiger partial charge in [0.15, 0.2) is 17.3 Å². The Morgan fingerprint density at radius 3 is 2.63 bits per heavy atom. The number of hydrogen-bond acceptors (Lipinski definition) is 5. The van der Waals surface area contributed by atoms with Gasteiger partial charge in [-0.3, -0.25) is 9.36 Å². The zero-order valence-electron chi connectivity index (χ0n) is 15.7. The fraction of sp³-hybridized carbons (Fsp3) is 0.238. The van der Waals surface area contributed by atoms with Crippen LogP contribution in [0.4, 0.5) is 5.82 Å². The molecule has 0 fully saturated rings. The van der Waals surface area contributed by atoms with Crippen LogP contribution in [0.25, 0.3) is 5.69 Å². The molecule has 140 valence electrons. The van der Waals surface area contributed by atoms with E-state index in [1.165, 1.54) is 0 Å². The molecule has 0 amide bonds. The maximum atomic E-state index is 12.7. The van der Waals surface area contributed by atoms with E-state index in [0.29, 0.717) is 23.9 Å². The van der Waals surface area contributed by atoms with Crippen molar-refractivity contribution in [1.29, 1.82) is 0 Å². The maximum Gasteiger partial charge on any atom is 0.297 e. The van der Waals surface area contributed by atoms with Gasteiger partial charge in [0.1, 0.15) is 0 Å². The van der Waals surface area contributed by atoms with Gasteiger partial charge in [0.25, 0.3) is 5.56 Å². The average Bonchev–Trinajstić information content (AvgIpc) is 2.69. The van der Waals surface area contributed by atoms with Crippen molar-refractivity contribution in [2.75, 3.05) is 26.1 Å². The molecular formula is C21H23N3O3. The van der Waals surface area contributed by atoms with Crippen LogP contribution in [0.5, 0.6) is 11.5 Å². The van der Waals surface area contributed by atoms with Crippen molar-refractivity contribution in [3.8, 4) is 17.2 Å². The summed E-state index contributed by atoms with van der Waals surface area (Å²) >= 11 is 0. The SMILES string of the molecule is COc1ccc(CCNc2nccn(-c3cccc(C)c3)c2=O)cc1OC. The maximum absolute atomic E-state index is 12.7. The minimum Gasteiger partial charge on any atom is -0.493 e. The largest absolute Gasteiger partial charge is 0.493 e. The van der Waals surface area contributed by atoms with Gasteiger partial charge in [0.05, 0.1) is 14.2 Å². The molecule has 0 bridgehead atoms. The van der Waals surface area contributed by atoms with Gasteiger partial charge in [-0.15, -0.1) is 0 Å². The van der Waals surface area contributed by atoms with Crippen molar-refractivity contribution in [2.24, 2.45) is 0 Å². The Hall–Kier alpha value is -3.28. The first-order chi connectivity index (χ1) is 13.1. The molecule has 6 nitrogen and oxygen atoms in total. The predicted molar refractivity (Wildman–Crippen MR) is 106 cm³/mol. The van der Waals surface area contributed by atoms with Crippen LogP contribution in [0.3, 0.4) is 0 Å². The summed E-state index contributed by atoms with van der Waals surface area (Å²) in [7, 11) is 3.22. The lowest BCUT2D eigenvalue weighted by molar-refractivity contribution is 0.354. The highest BCUT2D eigenvalue weighted by Gasteiger charge is 2.08. The molecular weight excluding hydrogens is 342 g/mol. The van der Waals surface area contributed by atoms with E-state index >= 15 is 0 Å². The van der Waals surface area contributed by atoms with Crippen molar-refractivity contribution in [3.05, 3.63) is 76.3 Å². The Bertz CT molecular complexity index is 982. The van der Waals surface area contributed by atoms with E-state index in [0.717, 1.165) is 23.2 Å². The molecule has 0 unspecified atom stereocenters. The van der Waals surface area contributed by atoms with Gasteiger partial charge in [-0.25, -0.2) is 4.98 Å². The van der Waals surface area contributed by atoms with Crippen LogP contribution >= 0.6 is 0 Å². The molecule has 0 atom stereocenters. The van der Waals surface area contributed by atoms with E-state index in [2.05, 4.69) is 10.3 Å². The molecule has 0 saturated carbocycles.